The van der Waals surface area contributed by atoms with Crippen LogP contribution >= 0.6 is 0 Å². The van der Waals surface area contributed by atoms with E-state index >= 15 is 0 Å². The highest BCUT2D eigenvalue weighted by Crippen LogP contribution is 2.31. The van der Waals surface area contributed by atoms with Gasteiger partial charge in [-0.25, -0.2) is 4.98 Å². The third-order valence-electron chi connectivity index (χ3n) is 3.57. The maximum Gasteiger partial charge on any atom is 0.132 e. The van der Waals surface area contributed by atoms with E-state index in [9.17, 15) is 5.11 Å². The molecule has 0 amide bonds. The predicted molar refractivity (Wildman–Crippen MR) is 70.4 cm³/mol. The molecule has 17 heavy (non-hydrogen) atoms. The SMILES string of the molecule is CC(C)(CO)c1cccnc1N1CCCCC1. The highest BCUT2D eigenvalue weighted by molar-refractivity contribution is 5.50. The van der Waals surface area contributed by atoms with E-state index in [1.54, 1.807) is 0 Å². The third kappa shape index (κ3) is 2.60. The van der Waals surface area contributed by atoms with Crippen LogP contribution in [0.1, 0.15) is 38.7 Å². The number of hydrogen-bond acceptors (Lipinski definition) is 3. The van der Waals surface area contributed by atoms with E-state index < -0.39 is 0 Å². The van der Waals surface area contributed by atoms with Crippen molar-refractivity contribution in [3.8, 4) is 0 Å². The van der Waals surface area contributed by atoms with Gasteiger partial charge in [0.25, 0.3) is 0 Å². The number of hydrogen-bond donors (Lipinski definition) is 1. The zero-order valence-corrected chi connectivity index (χ0v) is 10.8. The molecule has 1 saturated heterocycles. The second kappa shape index (κ2) is 5.05. The molecule has 0 unspecified atom stereocenters. The van der Waals surface area contributed by atoms with E-state index in [1.807, 2.05) is 12.3 Å². The quantitative estimate of drug-likeness (QED) is 0.872. The molecule has 3 heteroatoms. The minimum atomic E-state index is -0.221. The fourth-order valence-electron chi connectivity index (χ4n) is 2.37. The molecular weight excluding hydrogens is 212 g/mol. The molecule has 94 valence electrons. The number of aliphatic hydroxyl groups is 1. The summed E-state index contributed by atoms with van der Waals surface area (Å²) < 4.78 is 0. The van der Waals surface area contributed by atoms with Crippen molar-refractivity contribution >= 4 is 5.82 Å². The minimum absolute atomic E-state index is 0.152. The lowest BCUT2D eigenvalue weighted by atomic mass is 9.85. The van der Waals surface area contributed by atoms with Crippen molar-refractivity contribution in [1.29, 1.82) is 0 Å². The van der Waals surface area contributed by atoms with Gasteiger partial charge in [0.05, 0.1) is 6.61 Å². The summed E-state index contributed by atoms with van der Waals surface area (Å²) in [5.41, 5.74) is 0.936. The second-order valence-corrected chi connectivity index (χ2v) is 5.46. The third-order valence-corrected chi connectivity index (χ3v) is 3.57. The summed E-state index contributed by atoms with van der Waals surface area (Å²) in [6.45, 7) is 6.46. The Kier molecular flexibility index (Phi) is 3.67. The van der Waals surface area contributed by atoms with Crippen LogP contribution < -0.4 is 4.90 Å². The maximum absolute atomic E-state index is 9.52. The lowest BCUT2D eigenvalue weighted by molar-refractivity contribution is 0.218. The number of rotatable bonds is 3. The van der Waals surface area contributed by atoms with Gasteiger partial charge in [-0.3, -0.25) is 0 Å². The van der Waals surface area contributed by atoms with Crippen LogP contribution in [0.5, 0.6) is 0 Å². The van der Waals surface area contributed by atoms with Crippen LogP contribution in [-0.4, -0.2) is 29.8 Å². The van der Waals surface area contributed by atoms with Crippen LogP contribution in [0.25, 0.3) is 0 Å². The van der Waals surface area contributed by atoms with Gasteiger partial charge in [-0.2, -0.15) is 0 Å². The summed E-state index contributed by atoms with van der Waals surface area (Å²) in [6.07, 6.45) is 5.66. The summed E-state index contributed by atoms with van der Waals surface area (Å²) in [7, 11) is 0. The number of pyridine rings is 1. The lowest BCUT2D eigenvalue weighted by Gasteiger charge is -2.33. The van der Waals surface area contributed by atoms with Crippen LogP contribution in [0.15, 0.2) is 18.3 Å². The Hall–Kier alpha value is -1.09. The first-order valence-corrected chi connectivity index (χ1v) is 6.46. The van der Waals surface area contributed by atoms with Crippen molar-refractivity contribution in [2.75, 3.05) is 24.6 Å². The molecule has 0 bridgehead atoms. The number of anilines is 1. The van der Waals surface area contributed by atoms with Crippen LogP contribution in [0.4, 0.5) is 5.82 Å². The summed E-state index contributed by atoms with van der Waals surface area (Å²) >= 11 is 0. The van der Waals surface area contributed by atoms with Crippen molar-refractivity contribution in [2.24, 2.45) is 0 Å². The molecule has 0 aromatic carbocycles. The van der Waals surface area contributed by atoms with Crippen molar-refractivity contribution in [3.63, 3.8) is 0 Å². The molecule has 0 radical (unpaired) electrons. The van der Waals surface area contributed by atoms with Gasteiger partial charge in [0.1, 0.15) is 5.82 Å². The molecule has 1 aliphatic heterocycles. The van der Waals surface area contributed by atoms with Crippen molar-refractivity contribution in [2.45, 2.75) is 38.5 Å². The molecular formula is C14H22N2O. The molecule has 0 aliphatic carbocycles. The van der Waals surface area contributed by atoms with E-state index in [4.69, 9.17) is 0 Å². The summed E-state index contributed by atoms with van der Waals surface area (Å²) in [5.74, 6) is 1.06. The van der Waals surface area contributed by atoms with Crippen molar-refractivity contribution < 1.29 is 5.11 Å². The zero-order valence-electron chi connectivity index (χ0n) is 10.8. The first-order valence-electron chi connectivity index (χ1n) is 6.46. The Balaban J connectivity index is 2.33. The molecule has 1 N–H and O–H groups in total. The Morgan fingerprint density at radius 2 is 2.00 bits per heavy atom. The fraction of sp³-hybridized carbons (Fsp3) is 0.643. The van der Waals surface area contributed by atoms with Gasteiger partial charge < -0.3 is 10.0 Å². The lowest BCUT2D eigenvalue weighted by Crippen LogP contribution is -2.34. The molecule has 2 heterocycles. The summed E-state index contributed by atoms with van der Waals surface area (Å²) in [6, 6.07) is 4.05. The molecule has 0 atom stereocenters. The van der Waals surface area contributed by atoms with Gasteiger partial charge in [-0.15, -0.1) is 0 Å². The van der Waals surface area contributed by atoms with Crippen LogP contribution in [0.2, 0.25) is 0 Å². The molecule has 1 aromatic rings. The van der Waals surface area contributed by atoms with E-state index in [2.05, 4.69) is 29.8 Å². The minimum Gasteiger partial charge on any atom is -0.395 e. The highest BCUT2D eigenvalue weighted by Gasteiger charge is 2.26. The topological polar surface area (TPSA) is 36.4 Å². The van der Waals surface area contributed by atoms with Gasteiger partial charge in [0.2, 0.25) is 0 Å². The average Bonchev–Trinajstić information content (AvgIpc) is 2.40. The standard InChI is InChI=1S/C14H22N2O/c1-14(2,11-17)12-7-6-8-15-13(12)16-9-4-3-5-10-16/h6-8,17H,3-5,9-11H2,1-2H3. The summed E-state index contributed by atoms with van der Waals surface area (Å²) in [4.78, 5) is 6.89. The first-order chi connectivity index (χ1) is 8.15. The Morgan fingerprint density at radius 1 is 1.29 bits per heavy atom. The Morgan fingerprint density at radius 3 is 2.65 bits per heavy atom. The van der Waals surface area contributed by atoms with Gasteiger partial charge in [-0.05, 0) is 25.3 Å². The molecule has 2 rings (SSSR count). The number of aromatic nitrogens is 1. The van der Waals surface area contributed by atoms with Crippen LogP contribution in [0.3, 0.4) is 0 Å². The first kappa shape index (κ1) is 12.4. The summed E-state index contributed by atoms with van der Waals surface area (Å²) in [5, 5.41) is 9.52. The second-order valence-electron chi connectivity index (χ2n) is 5.46. The zero-order chi connectivity index (χ0) is 12.3. The van der Waals surface area contributed by atoms with Gasteiger partial charge in [-0.1, -0.05) is 19.9 Å². The Labute approximate surface area is 103 Å². The normalized spacial score (nSPS) is 17.2. The molecule has 0 saturated carbocycles. The maximum atomic E-state index is 9.52. The average molecular weight is 234 g/mol. The van der Waals surface area contributed by atoms with Crippen LogP contribution in [-0.2, 0) is 5.41 Å². The van der Waals surface area contributed by atoms with E-state index in [1.165, 1.54) is 19.3 Å². The predicted octanol–water partition coefficient (Wildman–Crippen LogP) is 2.34. The number of nitrogens with zero attached hydrogens (tertiary/aromatic N) is 2. The number of aliphatic hydroxyl groups excluding tert-OH is 1. The van der Waals surface area contributed by atoms with Crippen molar-refractivity contribution in [1.82, 2.24) is 4.98 Å². The van der Waals surface area contributed by atoms with E-state index in [0.29, 0.717) is 0 Å². The van der Waals surface area contributed by atoms with Gasteiger partial charge in [0, 0.05) is 30.3 Å². The highest BCUT2D eigenvalue weighted by atomic mass is 16.3. The molecule has 1 fully saturated rings. The van der Waals surface area contributed by atoms with E-state index in [-0.39, 0.29) is 12.0 Å². The van der Waals surface area contributed by atoms with Gasteiger partial charge in [0.15, 0.2) is 0 Å². The fourth-order valence-corrected chi connectivity index (χ4v) is 2.37. The largest absolute Gasteiger partial charge is 0.395 e. The molecule has 0 spiro atoms. The monoisotopic (exact) mass is 234 g/mol. The number of piperidine rings is 1. The van der Waals surface area contributed by atoms with Crippen molar-refractivity contribution in [3.05, 3.63) is 23.9 Å². The van der Waals surface area contributed by atoms with Gasteiger partial charge >= 0.3 is 0 Å². The smallest absolute Gasteiger partial charge is 0.132 e. The van der Waals surface area contributed by atoms with E-state index in [0.717, 1.165) is 24.5 Å². The van der Waals surface area contributed by atoms with Crippen LogP contribution in [0, 0.1) is 0 Å². The molecule has 3 nitrogen and oxygen atoms in total. The molecule has 1 aromatic heterocycles. The Bertz CT molecular complexity index is 370. The molecule has 1 aliphatic rings.